The smallest absolute Gasteiger partial charge is 0.262 e. The Morgan fingerprint density at radius 1 is 0.824 bits per heavy atom. The Morgan fingerprint density at radius 3 is 1.97 bits per heavy atom. The van der Waals surface area contributed by atoms with E-state index in [0.29, 0.717) is 16.7 Å². The highest BCUT2D eigenvalue weighted by Gasteiger charge is 2.22. The molecule has 3 aromatic heterocycles. The summed E-state index contributed by atoms with van der Waals surface area (Å²) in [5.41, 5.74) is 3.94. The molecule has 0 bridgehead atoms. The monoisotopic (exact) mass is 451 g/mol. The van der Waals surface area contributed by atoms with Gasteiger partial charge in [-0.3, -0.25) is 19.3 Å². The van der Waals surface area contributed by atoms with Crippen molar-refractivity contribution in [2.45, 2.75) is 13.0 Å². The Bertz CT molecular complexity index is 1460. The van der Waals surface area contributed by atoms with Gasteiger partial charge < -0.3 is 4.90 Å². The van der Waals surface area contributed by atoms with Crippen molar-refractivity contribution in [1.29, 1.82) is 0 Å². The molecule has 0 unspecified atom stereocenters. The van der Waals surface area contributed by atoms with Crippen LogP contribution in [0.15, 0.2) is 96.3 Å². The van der Waals surface area contributed by atoms with Crippen molar-refractivity contribution >= 4 is 22.3 Å². The first-order valence-corrected chi connectivity index (χ1v) is 10.8. The van der Waals surface area contributed by atoms with Crippen molar-refractivity contribution in [3.8, 4) is 0 Å². The van der Waals surface area contributed by atoms with E-state index in [1.165, 1.54) is 12.1 Å². The summed E-state index contributed by atoms with van der Waals surface area (Å²) in [4.78, 5) is 28.8. The zero-order chi connectivity index (χ0) is 23.7. The fraction of sp³-hybridized carbons (Fsp3) is 0.111. The van der Waals surface area contributed by atoms with Gasteiger partial charge in [0, 0.05) is 43.2 Å². The Labute approximate surface area is 196 Å². The summed E-state index contributed by atoms with van der Waals surface area (Å²) in [6.07, 6.45) is 6.87. The van der Waals surface area contributed by atoms with Crippen molar-refractivity contribution in [1.82, 2.24) is 19.5 Å². The predicted molar refractivity (Wildman–Crippen MR) is 131 cm³/mol. The second-order valence-corrected chi connectivity index (χ2v) is 8.03. The Balaban J connectivity index is 1.69. The van der Waals surface area contributed by atoms with Gasteiger partial charge in [0.1, 0.15) is 11.6 Å². The summed E-state index contributed by atoms with van der Waals surface area (Å²) in [5, 5.41) is 0.505. The average molecular weight is 452 g/mol. The fourth-order valence-electron chi connectivity index (χ4n) is 4.21. The van der Waals surface area contributed by atoms with Crippen molar-refractivity contribution in [3.63, 3.8) is 0 Å². The zero-order valence-electron chi connectivity index (χ0n) is 18.8. The van der Waals surface area contributed by atoms with Gasteiger partial charge in [0.2, 0.25) is 0 Å². The standard InChI is InChI=1S/C27H22FN5O/c1-18-31-25-8-7-23(32(2)22-5-3-21(28)4-6-22)17-24(25)27(34)33(18)26(19-9-13-29-14-10-19)20-11-15-30-16-12-20/h3-17,26H,1-2H3. The van der Waals surface area contributed by atoms with Crippen LogP contribution in [0.4, 0.5) is 15.8 Å². The minimum Gasteiger partial charge on any atom is -0.345 e. The van der Waals surface area contributed by atoms with Gasteiger partial charge in [-0.1, -0.05) is 0 Å². The lowest BCUT2D eigenvalue weighted by atomic mass is 10.00. The molecule has 0 amide bonds. The van der Waals surface area contributed by atoms with E-state index in [4.69, 9.17) is 4.98 Å². The third-order valence-electron chi connectivity index (χ3n) is 5.96. The van der Waals surface area contributed by atoms with Crippen LogP contribution in [-0.2, 0) is 0 Å². The van der Waals surface area contributed by atoms with Gasteiger partial charge in [0.05, 0.1) is 16.9 Å². The van der Waals surface area contributed by atoms with Crippen LogP contribution < -0.4 is 10.5 Å². The number of anilines is 2. The molecular weight excluding hydrogens is 429 g/mol. The number of pyridine rings is 2. The van der Waals surface area contributed by atoms with Gasteiger partial charge in [0.15, 0.2) is 0 Å². The lowest BCUT2D eigenvalue weighted by molar-refractivity contribution is 0.618. The van der Waals surface area contributed by atoms with E-state index >= 15 is 0 Å². The number of rotatable bonds is 5. The first kappa shape index (κ1) is 21.5. The molecule has 0 fully saturated rings. The molecule has 0 aliphatic carbocycles. The number of aromatic nitrogens is 4. The number of fused-ring (bicyclic) bond motifs is 1. The predicted octanol–water partition coefficient (Wildman–Crippen LogP) is 5.04. The van der Waals surface area contributed by atoms with Crippen molar-refractivity contribution in [3.05, 3.63) is 125 Å². The van der Waals surface area contributed by atoms with Crippen LogP contribution in [0.5, 0.6) is 0 Å². The number of halogens is 1. The molecule has 7 heteroatoms. The highest BCUT2D eigenvalue weighted by molar-refractivity contribution is 5.83. The summed E-state index contributed by atoms with van der Waals surface area (Å²) >= 11 is 0. The molecular formula is C27H22FN5O. The number of aryl methyl sites for hydroxylation is 1. The lowest BCUT2D eigenvalue weighted by Crippen LogP contribution is -2.29. The first-order chi connectivity index (χ1) is 16.5. The maximum absolute atomic E-state index is 13.9. The average Bonchev–Trinajstić information content (AvgIpc) is 2.87. The van der Waals surface area contributed by atoms with Gasteiger partial charge >= 0.3 is 0 Å². The zero-order valence-corrected chi connectivity index (χ0v) is 18.8. The van der Waals surface area contributed by atoms with Gasteiger partial charge in [-0.15, -0.1) is 0 Å². The topological polar surface area (TPSA) is 63.9 Å². The highest BCUT2D eigenvalue weighted by Crippen LogP contribution is 2.29. The minimum absolute atomic E-state index is 0.143. The van der Waals surface area contributed by atoms with E-state index < -0.39 is 0 Å². The normalized spacial score (nSPS) is 11.2. The minimum atomic E-state index is -0.381. The lowest BCUT2D eigenvalue weighted by Gasteiger charge is -2.24. The van der Waals surface area contributed by atoms with Crippen LogP contribution in [0, 0.1) is 12.7 Å². The summed E-state index contributed by atoms with van der Waals surface area (Å²) in [6.45, 7) is 1.84. The summed E-state index contributed by atoms with van der Waals surface area (Å²) in [6, 6.07) is 19.1. The molecule has 6 nitrogen and oxygen atoms in total. The SMILES string of the molecule is Cc1nc2ccc(N(C)c3ccc(F)cc3)cc2c(=O)n1C(c1ccncc1)c1ccncc1. The molecule has 0 aliphatic rings. The third kappa shape index (κ3) is 3.92. The molecule has 34 heavy (non-hydrogen) atoms. The second kappa shape index (κ2) is 8.86. The van der Waals surface area contributed by atoms with E-state index in [0.717, 1.165) is 22.5 Å². The molecule has 0 atom stereocenters. The molecule has 0 saturated heterocycles. The van der Waals surface area contributed by atoms with Gasteiger partial charge in [-0.25, -0.2) is 9.37 Å². The summed E-state index contributed by atoms with van der Waals surface area (Å²) < 4.78 is 15.1. The van der Waals surface area contributed by atoms with Crippen LogP contribution in [0.25, 0.3) is 10.9 Å². The second-order valence-electron chi connectivity index (χ2n) is 8.03. The molecule has 5 aromatic rings. The van der Waals surface area contributed by atoms with E-state index in [-0.39, 0.29) is 17.4 Å². The maximum Gasteiger partial charge on any atom is 0.262 e. The molecule has 0 spiro atoms. The molecule has 0 N–H and O–H groups in total. The fourth-order valence-corrected chi connectivity index (χ4v) is 4.21. The van der Waals surface area contributed by atoms with Gasteiger partial charge in [-0.05, 0) is 84.8 Å². The van der Waals surface area contributed by atoms with Crippen LogP contribution in [0.3, 0.4) is 0 Å². The van der Waals surface area contributed by atoms with Crippen LogP contribution >= 0.6 is 0 Å². The Hall–Kier alpha value is -4.39. The Kier molecular flexibility index (Phi) is 5.59. The molecule has 2 aromatic carbocycles. The van der Waals surface area contributed by atoms with E-state index in [1.54, 1.807) is 41.5 Å². The van der Waals surface area contributed by atoms with Crippen molar-refractivity contribution < 1.29 is 4.39 Å². The molecule has 0 aliphatic heterocycles. The molecule has 0 saturated carbocycles. The molecule has 168 valence electrons. The van der Waals surface area contributed by atoms with Crippen LogP contribution in [0.2, 0.25) is 0 Å². The van der Waals surface area contributed by atoms with E-state index in [2.05, 4.69) is 9.97 Å². The van der Waals surface area contributed by atoms with Crippen LogP contribution in [0.1, 0.15) is 23.0 Å². The first-order valence-electron chi connectivity index (χ1n) is 10.8. The summed E-state index contributed by atoms with van der Waals surface area (Å²) in [5.74, 6) is 0.312. The van der Waals surface area contributed by atoms with Crippen molar-refractivity contribution in [2.75, 3.05) is 11.9 Å². The molecule has 0 radical (unpaired) electrons. The Morgan fingerprint density at radius 2 is 1.38 bits per heavy atom. The highest BCUT2D eigenvalue weighted by atomic mass is 19.1. The van der Waals surface area contributed by atoms with Gasteiger partial charge in [0.25, 0.3) is 5.56 Å². The molecule has 3 heterocycles. The molecule has 5 rings (SSSR count). The maximum atomic E-state index is 13.9. The van der Waals surface area contributed by atoms with Gasteiger partial charge in [-0.2, -0.15) is 0 Å². The largest absolute Gasteiger partial charge is 0.345 e. The number of hydrogen-bond acceptors (Lipinski definition) is 5. The summed E-state index contributed by atoms with van der Waals surface area (Å²) in [7, 11) is 1.88. The third-order valence-corrected chi connectivity index (χ3v) is 5.96. The van der Waals surface area contributed by atoms with Crippen molar-refractivity contribution in [2.24, 2.45) is 0 Å². The van der Waals surface area contributed by atoms with Crippen LogP contribution in [-0.4, -0.2) is 26.6 Å². The number of hydrogen-bond donors (Lipinski definition) is 0. The number of benzene rings is 2. The number of nitrogens with zero attached hydrogens (tertiary/aromatic N) is 5. The van der Waals surface area contributed by atoms with E-state index in [9.17, 15) is 9.18 Å². The quantitative estimate of drug-likeness (QED) is 0.375. The van der Waals surface area contributed by atoms with E-state index in [1.807, 2.05) is 61.3 Å².